The van der Waals surface area contributed by atoms with Gasteiger partial charge in [0.15, 0.2) is 0 Å². The number of hydrogen-bond acceptors (Lipinski definition) is 2. The maximum Gasteiger partial charge on any atom is 0.0166 e. The molecular formula is C8H18N2. The third-order valence-corrected chi connectivity index (χ3v) is 2.37. The first kappa shape index (κ1) is 8.02. The van der Waals surface area contributed by atoms with Gasteiger partial charge >= 0.3 is 0 Å². The molecule has 0 amide bonds. The van der Waals surface area contributed by atoms with Crippen LogP contribution < -0.4 is 5.32 Å². The Bertz CT molecular complexity index is 103. The van der Waals surface area contributed by atoms with Crippen LogP contribution in [0.25, 0.3) is 0 Å². The number of rotatable bonds is 0. The molecule has 0 bridgehead atoms. The van der Waals surface area contributed by atoms with Gasteiger partial charge in [-0.1, -0.05) is 0 Å². The van der Waals surface area contributed by atoms with E-state index in [4.69, 9.17) is 0 Å². The first-order valence-corrected chi connectivity index (χ1v) is 4.14. The van der Waals surface area contributed by atoms with Crippen molar-refractivity contribution < 1.29 is 0 Å². The summed E-state index contributed by atoms with van der Waals surface area (Å²) >= 11 is 0. The first-order chi connectivity index (χ1) is 4.70. The van der Waals surface area contributed by atoms with E-state index in [1.807, 2.05) is 0 Å². The number of likely N-dealkylation sites (N-methyl/N-ethyl adjacent to an activating group) is 1. The van der Waals surface area contributed by atoms with Crippen molar-refractivity contribution in [2.75, 3.05) is 20.1 Å². The molecule has 1 saturated heterocycles. The molecule has 1 aliphatic rings. The normalized spacial score (nSPS) is 37.5. The Kier molecular flexibility index (Phi) is 2.69. The third-order valence-electron chi connectivity index (χ3n) is 2.37. The van der Waals surface area contributed by atoms with Gasteiger partial charge in [-0.05, 0) is 33.9 Å². The van der Waals surface area contributed by atoms with Crippen LogP contribution >= 0.6 is 0 Å². The van der Waals surface area contributed by atoms with Gasteiger partial charge in [0.1, 0.15) is 0 Å². The predicted molar refractivity (Wildman–Crippen MR) is 44.2 cm³/mol. The summed E-state index contributed by atoms with van der Waals surface area (Å²) in [5.74, 6) is 0. The summed E-state index contributed by atoms with van der Waals surface area (Å²) in [5.41, 5.74) is 0. The molecule has 1 rings (SSSR count). The summed E-state index contributed by atoms with van der Waals surface area (Å²) in [4.78, 5) is 2.42. The van der Waals surface area contributed by atoms with E-state index in [1.165, 1.54) is 19.5 Å². The van der Waals surface area contributed by atoms with Crippen LogP contribution in [-0.2, 0) is 0 Å². The van der Waals surface area contributed by atoms with Crippen LogP contribution in [0.2, 0.25) is 0 Å². The second kappa shape index (κ2) is 3.35. The summed E-state index contributed by atoms with van der Waals surface area (Å²) in [6.07, 6.45) is 1.28. The van der Waals surface area contributed by atoms with E-state index in [0.717, 1.165) is 6.04 Å². The maximum atomic E-state index is 3.46. The number of hydrogen-bond donors (Lipinski definition) is 1. The van der Waals surface area contributed by atoms with Crippen LogP contribution in [0.5, 0.6) is 0 Å². The van der Waals surface area contributed by atoms with Crippen molar-refractivity contribution in [3.05, 3.63) is 0 Å². The second-order valence-electron chi connectivity index (χ2n) is 3.43. The van der Waals surface area contributed by atoms with Gasteiger partial charge in [-0.25, -0.2) is 0 Å². The van der Waals surface area contributed by atoms with Gasteiger partial charge < -0.3 is 10.2 Å². The largest absolute Gasteiger partial charge is 0.313 e. The highest BCUT2D eigenvalue weighted by Gasteiger charge is 2.15. The Balaban J connectivity index is 2.41. The lowest BCUT2D eigenvalue weighted by Gasteiger charge is -2.22. The smallest absolute Gasteiger partial charge is 0.0166 e. The van der Waals surface area contributed by atoms with Crippen LogP contribution in [-0.4, -0.2) is 37.1 Å². The van der Waals surface area contributed by atoms with E-state index in [0.29, 0.717) is 6.04 Å². The Hall–Kier alpha value is -0.0800. The lowest BCUT2D eigenvalue weighted by molar-refractivity contribution is 0.257. The maximum absolute atomic E-state index is 3.46. The lowest BCUT2D eigenvalue weighted by Crippen LogP contribution is -2.35. The zero-order valence-electron chi connectivity index (χ0n) is 7.22. The van der Waals surface area contributed by atoms with E-state index in [9.17, 15) is 0 Å². The summed E-state index contributed by atoms with van der Waals surface area (Å²) < 4.78 is 0. The van der Waals surface area contributed by atoms with Crippen LogP contribution in [0.15, 0.2) is 0 Å². The van der Waals surface area contributed by atoms with Gasteiger partial charge in [0.25, 0.3) is 0 Å². The minimum Gasteiger partial charge on any atom is -0.313 e. The molecule has 0 saturated carbocycles. The summed E-state index contributed by atoms with van der Waals surface area (Å²) in [7, 11) is 2.20. The van der Waals surface area contributed by atoms with E-state index >= 15 is 0 Å². The van der Waals surface area contributed by atoms with Crippen LogP contribution in [0, 0.1) is 0 Å². The van der Waals surface area contributed by atoms with Crippen molar-refractivity contribution >= 4 is 0 Å². The van der Waals surface area contributed by atoms with Crippen molar-refractivity contribution in [1.82, 2.24) is 10.2 Å². The molecule has 0 aromatic carbocycles. The summed E-state index contributed by atoms with van der Waals surface area (Å²) in [6.45, 7) is 6.89. The molecule has 1 N–H and O–H groups in total. The van der Waals surface area contributed by atoms with Gasteiger partial charge in [-0.3, -0.25) is 0 Å². The molecule has 0 aliphatic carbocycles. The highest BCUT2D eigenvalue weighted by Crippen LogP contribution is 2.04. The molecule has 2 nitrogen and oxygen atoms in total. The van der Waals surface area contributed by atoms with Gasteiger partial charge in [0, 0.05) is 18.6 Å². The van der Waals surface area contributed by atoms with Crippen molar-refractivity contribution in [1.29, 1.82) is 0 Å². The van der Waals surface area contributed by atoms with Gasteiger partial charge in [-0.2, -0.15) is 0 Å². The van der Waals surface area contributed by atoms with Crippen molar-refractivity contribution in [2.24, 2.45) is 0 Å². The summed E-state index contributed by atoms with van der Waals surface area (Å²) in [6, 6.07) is 1.41. The SMILES string of the molecule is CC1CN(C)C(C)CCN1. The minimum absolute atomic E-state index is 0.662. The summed E-state index contributed by atoms with van der Waals surface area (Å²) in [5, 5.41) is 3.46. The van der Waals surface area contributed by atoms with E-state index in [1.54, 1.807) is 0 Å². The Morgan fingerprint density at radius 3 is 2.80 bits per heavy atom. The highest BCUT2D eigenvalue weighted by atomic mass is 15.2. The molecule has 0 aromatic heterocycles. The molecule has 60 valence electrons. The molecule has 0 radical (unpaired) electrons. The predicted octanol–water partition coefficient (Wildman–Crippen LogP) is 0.688. The second-order valence-corrected chi connectivity index (χ2v) is 3.43. The quantitative estimate of drug-likeness (QED) is 0.535. The fraction of sp³-hybridized carbons (Fsp3) is 1.00. The van der Waals surface area contributed by atoms with Crippen molar-refractivity contribution in [2.45, 2.75) is 32.4 Å². The molecular weight excluding hydrogens is 124 g/mol. The monoisotopic (exact) mass is 142 g/mol. The van der Waals surface area contributed by atoms with Gasteiger partial charge in [-0.15, -0.1) is 0 Å². The highest BCUT2D eigenvalue weighted by molar-refractivity contribution is 4.75. The molecule has 0 spiro atoms. The fourth-order valence-electron chi connectivity index (χ4n) is 1.44. The standard InChI is InChI=1S/C8H18N2/c1-7-6-10(3)8(2)4-5-9-7/h7-9H,4-6H2,1-3H3. The average molecular weight is 142 g/mol. The molecule has 1 aliphatic heterocycles. The molecule has 10 heavy (non-hydrogen) atoms. The zero-order chi connectivity index (χ0) is 7.56. The molecule has 1 fully saturated rings. The number of nitrogens with one attached hydrogen (secondary N) is 1. The van der Waals surface area contributed by atoms with E-state index in [2.05, 4.69) is 31.1 Å². The van der Waals surface area contributed by atoms with Crippen LogP contribution in [0.4, 0.5) is 0 Å². The fourth-order valence-corrected chi connectivity index (χ4v) is 1.44. The Morgan fingerprint density at radius 1 is 1.40 bits per heavy atom. The molecule has 2 atom stereocenters. The topological polar surface area (TPSA) is 15.3 Å². The molecule has 2 heteroatoms. The average Bonchev–Trinajstić information content (AvgIpc) is 1.96. The van der Waals surface area contributed by atoms with Crippen LogP contribution in [0.1, 0.15) is 20.3 Å². The van der Waals surface area contributed by atoms with Crippen molar-refractivity contribution in [3.63, 3.8) is 0 Å². The van der Waals surface area contributed by atoms with Gasteiger partial charge in [0.2, 0.25) is 0 Å². The third kappa shape index (κ3) is 1.96. The van der Waals surface area contributed by atoms with E-state index < -0.39 is 0 Å². The van der Waals surface area contributed by atoms with Crippen LogP contribution in [0.3, 0.4) is 0 Å². The Labute approximate surface area is 63.6 Å². The molecule has 1 heterocycles. The Morgan fingerprint density at radius 2 is 2.10 bits per heavy atom. The van der Waals surface area contributed by atoms with Crippen molar-refractivity contribution in [3.8, 4) is 0 Å². The first-order valence-electron chi connectivity index (χ1n) is 4.14. The van der Waals surface area contributed by atoms with E-state index in [-0.39, 0.29) is 0 Å². The molecule has 0 aromatic rings. The molecule has 2 unspecified atom stereocenters. The minimum atomic E-state index is 0.662. The van der Waals surface area contributed by atoms with Gasteiger partial charge in [0.05, 0.1) is 0 Å². The number of nitrogens with zero attached hydrogens (tertiary/aromatic N) is 1. The zero-order valence-corrected chi connectivity index (χ0v) is 7.22. The lowest BCUT2D eigenvalue weighted by atomic mass is 10.2.